The van der Waals surface area contributed by atoms with Crippen molar-refractivity contribution in [2.45, 2.75) is 62.4 Å². The van der Waals surface area contributed by atoms with Gasteiger partial charge in [0.1, 0.15) is 18.0 Å². The van der Waals surface area contributed by atoms with Gasteiger partial charge in [-0.3, -0.25) is 0 Å². The molecule has 3 fully saturated rings. The minimum Gasteiger partial charge on any atom is -0.507 e. The number of hydrogen-bond acceptors (Lipinski definition) is 9. The second kappa shape index (κ2) is 8.99. The highest BCUT2D eigenvalue weighted by Gasteiger charge is 2.48. The zero-order chi connectivity index (χ0) is 24.8. The van der Waals surface area contributed by atoms with Crippen LogP contribution in [-0.2, 0) is 0 Å². The predicted molar refractivity (Wildman–Crippen MR) is 130 cm³/mol. The molecule has 2 bridgehead atoms. The van der Waals surface area contributed by atoms with Gasteiger partial charge >= 0.3 is 0 Å². The van der Waals surface area contributed by atoms with Crippen LogP contribution in [0.1, 0.15) is 37.8 Å². The number of hydrogen-bond donors (Lipinski definition) is 2. The number of phenols is 1. The van der Waals surface area contributed by atoms with Gasteiger partial charge in [-0.15, -0.1) is 10.2 Å². The number of phenolic OH excluding ortho intramolecular Hbond substituents is 1. The summed E-state index contributed by atoms with van der Waals surface area (Å²) in [6.45, 7) is 0. The predicted octanol–water partition coefficient (Wildman–Crippen LogP) is 3.39. The molecule has 4 heterocycles. The number of rotatable bonds is 6. The number of aromatic hydroxyl groups is 1. The van der Waals surface area contributed by atoms with Crippen LogP contribution in [0, 0.1) is 11.3 Å². The van der Waals surface area contributed by atoms with E-state index in [2.05, 4.69) is 30.4 Å². The first-order valence-corrected chi connectivity index (χ1v) is 12.2. The van der Waals surface area contributed by atoms with Gasteiger partial charge in [0.2, 0.25) is 0 Å². The lowest BCUT2D eigenvalue weighted by Crippen LogP contribution is -2.57. The second-order valence-electron chi connectivity index (χ2n) is 9.69. The van der Waals surface area contributed by atoms with Crippen molar-refractivity contribution in [3.63, 3.8) is 0 Å². The van der Waals surface area contributed by atoms with Crippen molar-refractivity contribution >= 4 is 5.82 Å². The van der Waals surface area contributed by atoms with Crippen molar-refractivity contribution in [2.24, 2.45) is 0 Å². The van der Waals surface area contributed by atoms with Crippen LogP contribution in [0.5, 0.6) is 11.5 Å². The molecule has 2 N–H and O–H groups in total. The minimum atomic E-state index is -0.947. The first-order valence-electron chi connectivity index (χ1n) is 12.2. The highest BCUT2D eigenvalue weighted by atomic mass is 19.1. The standard InChI is InChI=1S/C26H26FN7O2/c1-36-23-9-15(12-29-20(23)11-28)14-2-6-18(22(35)8-14)26-30-13-24(32-33-26)34(17-4-5-17)21-10-16-3-7-19(31-16)25(21)27/h2,6,8-9,12-13,16-17,19,21,25,31,35H,3-5,7,10H2,1H3/t16-,19-,21-,25+/m0/s1. The average molecular weight is 488 g/mol. The lowest BCUT2D eigenvalue weighted by molar-refractivity contribution is 0.171. The van der Waals surface area contributed by atoms with Crippen LogP contribution in [0.3, 0.4) is 0 Å². The average Bonchev–Trinajstić information content (AvgIpc) is 3.66. The molecule has 2 aromatic heterocycles. The molecular weight excluding hydrogens is 461 g/mol. The molecule has 0 radical (unpaired) electrons. The van der Waals surface area contributed by atoms with E-state index in [9.17, 15) is 5.11 Å². The summed E-state index contributed by atoms with van der Waals surface area (Å²) >= 11 is 0. The van der Waals surface area contributed by atoms with Crippen LogP contribution in [0.2, 0.25) is 0 Å². The SMILES string of the molecule is COc1cc(-c2ccc(-c3ncc(N(C4CC4)[C@H]4C[C@@H]5CC[C@H](N5)[C@H]4F)nn3)c(O)c2)cnc1C#N. The van der Waals surface area contributed by atoms with Gasteiger partial charge in [0.05, 0.1) is 24.9 Å². The van der Waals surface area contributed by atoms with Crippen LogP contribution in [-0.4, -0.2) is 62.7 Å². The summed E-state index contributed by atoms with van der Waals surface area (Å²) in [6, 6.07) is 9.12. The van der Waals surface area contributed by atoms with Gasteiger partial charge in [-0.25, -0.2) is 14.4 Å². The van der Waals surface area contributed by atoms with Crippen LogP contribution >= 0.6 is 0 Å². The largest absolute Gasteiger partial charge is 0.507 e. The Balaban J connectivity index is 1.25. The Morgan fingerprint density at radius 2 is 1.97 bits per heavy atom. The van der Waals surface area contributed by atoms with Gasteiger partial charge in [0.25, 0.3) is 0 Å². The third-order valence-corrected chi connectivity index (χ3v) is 7.42. The third-order valence-electron chi connectivity index (χ3n) is 7.42. The van der Waals surface area contributed by atoms with Crippen molar-refractivity contribution in [3.8, 4) is 40.1 Å². The van der Waals surface area contributed by atoms with E-state index in [1.807, 2.05) is 12.1 Å². The molecule has 184 valence electrons. The van der Waals surface area contributed by atoms with Gasteiger partial charge < -0.3 is 20.1 Å². The smallest absolute Gasteiger partial charge is 0.185 e. The first kappa shape index (κ1) is 22.6. The molecule has 9 nitrogen and oxygen atoms in total. The van der Waals surface area contributed by atoms with Gasteiger partial charge in [-0.1, -0.05) is 6.07 Å². The zero-order valence-corrected chi connectivity index (χ0v) is 19.8. The zero-order valence-electron chi connectivity index (χ0n) is 19.8. The summed E-state index contributed by atoms with van der Waals surface area (Å²) < 4.78 is 20.5. The second-order valence-corrected chi connectivity index (χ2v) is 9.69. The highest BCUT2D eigenvalue weighted by molar-refractivity contribution is 5.73. The summed E-state index contributed by atoms with van der Waals surface area (Å²) in [5.41, 5.74) is 2.02. The number of benzene rings is 1. The summed E-state index contributed by atoms with van der Waals surface area (Å²) in [5.74, 6) is 1.22. The molecule has 4 atom stereocenters. The van der Waals surface area contributed by atoms with Gasteiger partial charge in [0.15, 0.2) is 23.1 Å². The number of nitrogens with zero attached hydrogens (tertiary/aromatic N) is 6. The quantitative estimate of drug-likeness (QED) is 0.539. The van der Waals surface area contributed by atoms with Crippen LogP contribution in [0.15, 0.2) is 36.7 Å². The normalized spacial score (nSPS) is 24.8. The van der Waals surface area contributed by atoms with E-state index in [-0.39, 0.29) is 35.4 Å². The van der Waals surface area contributed by atoms with E-state index in [1.165, 1.54) is 7.11 Å². The molecule has 2 aliphatic heterocycles. The van der Waals surface area contributed by atoms with E-state index >= 15 is 4.39 Å². The molecule has 0 unspecified atom stereocenters. The van der Waals surface area contributed by atoms with Crippen LogP contribution in [0.4, 0.5) is 10.2 Å². The number of fused-ring (bicyclic) bond motifs is 2. The molecule has 10 heteroatoms. The summed E-state index contributed by atoms with van der Waals surface area (Å²) in [6.07, 6.45) is 6.94. The number of pyridine rings is 1. The molecule has 2 saturated heterocycles. The molecular formula is C26H26FN7O2. The van der Waals surface area contributed by atoms with Crippen molar-refractivity contribution < 1.29 is 14.2 Å². The number of aromatic nitrogens is 4. The van der Waals surface area contributed by atoms with E-state index in [4.69, 9.17) is 10.00 Å². The van der Waals surface area contributed by atoms with Crippen molar-refractivity contribution in [3.05, 3.63) is 42.4 Å². The van der Waals surface area contributed by atoms with E-state index in [0.717, 1.165) is 32.1 Å². The lowest BCUT2D eigenvalue weighted by atomic mass is 9.96. The molecule has 0 amide bonds. The number of halogens is 1. The van der Waals surface area contributed by atoms with E-state index < -0.39 is 6.17 Å². The fraction of sp³-hybridized carbons (Fsp3) is 0.423. The molecule has 6 rings (SSSR count). The van der Waals surface area contributed by atoms with Crippen LogP contribution in [0.25, 0.3) is 22.5 Å². The van der Waals surface area contributed by atoms with Crippen molar-refractivity contribution in [1.82, 2.24) is 25.5 Å². The number of ether oxygens (including phenoxy) is 1. The van der Waals surface area contributed by atoms with Gasteiger partial charge in [0, 0.05) is 29.9 Å². The molecule has 3 aromatic rings. The number of methoxy groups -OCH3 is 1. The van der Waals surface area contributed by atoms with Gasteiger partial charge in [-0.05, 0) is 55.9 Å². The number of nitriles is 1. The Labute approximate surface area is 208 Å². The molecule has 0 spiro atoms. The highest BCUT2D eigenvalue weighted by Crippen LogP contribution is 2.40. The number of anilines is 1. The Morgan fingerprint density at radius 1 is 1.11 bits per heavy atom. The molecule has 1 aliphatic carbocycles. The molecule has 36 heavy (non-hydrogen) atoms. The summed E-state index contributed by atoms with van der Waals surface area (Å²) in [7, 11) is 1.48. The third kappa shape index (κ3) is 3.99. The first-order chi connectivity index (χ1) is 17.6. The summed E-state index contributed by atoms with van der Waals surface area (Å²) in [4.78, 5) is 10.7. The Kier molecular flexibility index (Phi) is 5.64. The molecule has 1 saturated carbocycles. The number of nitrogens with one attached hydrogen (secondary N) is 1. The fourth-order valence-corrected chi connectivity index (χ4v) is 5.48. The Hall–Kier alpha value is -3.84. The monoisotopic (exact) mass is 487 g/mol. The van der Waals surface area contributed by atoms with Gasteiger partial charge in [-0.2, -0.15) is 5.26 Å². The Morgan fingerprint density at radius 3 is 2.67 bits per heavy atom. The maximum atomic E-state index is 15.3. The van der Waals surface area contributed by atoms with E-state index in [0.29, 0.717) is 34.3 Å². The van der Waals surface area contributed by atoms with E-state index in [1.54, 1.807) is 30.6 Å². The maximum Gasteiger partial charge on any atom is 0.185 e. The Bertz CT molecular complexity index is 1320. The maximum absolute atomic E-state index is 15.3. The fourth-order valence-electron chi connectivity index (χ4n) is 5.48. The topological polar surface area (TPSA) is 120 Å². The summed E-state index contributed by atoms with van der Waals surface area (Å²) in [5, 5.41) is 32.0. The van der Waals surface area contributed by atoms with Crippen LogP contribution < -0.4 is 15.0 Å². The van der Waals surface area contributed by atoms with Crippen molar-refractivity contribution in [2.75, 3.05) is 12.0 Å². The molecule has 3 aliphatic rings. The lowest BCUT2D eigenvalue weighted by Gasteiger charge is -2.40. The number of piperidine rings is 1. The molecule has 1 aromatic carbocycles. The van der Waals surface area contributed by atoms with Crippen molar-refractivity contribution in [1.29, 1.82) is 5.26 Å². The number of alkyl halides is 1. The minimum absolute atomic E-state index is 0.0109.